The molecular formula is C14H19ClFNO. The van der Waals surface area contributed by atoms with Crippen LogP contribution in [0, 0.1) is 11.7 Å². The fraction of sp³-hybridized carbons (Fsp3) is 0.571. The van der Waals surface area contributed by atoms with Crippen molar-refractivity contribution in [1.82, 2.24) is 5.32 Å². The van der Waals surface area contributed by atoms with Crippen molar-refractivity contribution in [2.24, 2.45) is 5.92 Å². The van der Waals surface area contributed by atoms with E-state index in [0.717, 1.165) is 31.6 Å². The van der Waals surface area contributed by atoms with Gasteiger partial charge in [0.25, 0.3) is 0 Å². The van der Waals surface area contributed by atoms with Crippen molar-refractivity contribution < 1.29 is 9.13 Å². The molecule has 1 N–H and O–H groups in total. The summed E-state index contributed by atoms with van der Waals surface area (Å²) in [6, 6.07) is 5.06. The molecule has 0 bridgehead atoms. The molecule has 0 saturated carbocycles. The Kier molecular flexibility index (Phi) is 4.98. The Labute approximate surface area is 112 Å². The van der Waals surface area contributed by atoms with Gasteiger partial charge in [-0.3, -0.25) is 0 Å². The second-order valence-corrected chi connectivity index (χ2v) is 5.33. The molecule has 1 aliphatic heterocycles. The van der Waals surface area contributed by atoms with Crippen molar-refractivity contribution in [1.29, 1.82) is 0 Å². The standard InChI is InChI=1S/C14H19ClFNO/c1-10(12-2-4-18-5-3-12)17-9-11-6-13(15)8-14(16)7-11/h6-8,10,12,17H,2-5,9H2,1H3. The maximum atomic E-state index is 13.2. The Morgan fingerprint density at radius 1 is 1.39 bits per heavy atom. The lowest BCUT2D eigenvalue weighted by Crippen LogP contribution is -2.36. The van der Waals surface area contributed by atoms with Gasteiger partial charge in [-0.25, -0.2) is 4.39 Å². The van der Waals surface area contributed by atoms with Crippen LogP contribution in [0.1, 0.15) is 25.3 Å². The number of halogens is 2. The minimum absolute atomic E-state index is 0.280. The van der Waals surface area contributed by atoms with Crippen molar-refractivity contribution in [2.45, 2.75) is 32.4 Å². The molecule has 0 spiro atoms. The lowest BCUT2D eigenvalue weighted by atomic mass is 9.93. The largest absolute Gasteiger partial charge is 0.381 e. The Balaban J connectivity index is 1.86. The first-order valence-corrected chi connectivity index (χ1v) is 6.79. The van der Waals surface area contributed by atoms with Gasteiger partial charge < -0.3 is 10.1 Å². The number of hydrogen-bond acceptors (Lipinski definition) is 2. The lowest BCUT2D eigenvalue weighted by molar-refractivity contribution is 0.0558. The Morgan fingerprint density at radius 2 is 2.11 bits per heavy atom. The van der Waals surface area contributed by atoms with E-state index in [-0.39, 0.29) is 5.82 Å². The minimum atomic E-state index is -0.280. The van der Waals surface area contributed by atoms with Gasteiger partial charge in [0, 0.05) is 30.8 Å². The highest BCUT2D eigenvalue weighted by Crippen LogP contribution is 2.19. The van der Waals surface area contributed by atoms with E-state index < -0.39 is 0 Å². The molecule has 4 heteroatoms. The van der Waals surface area contributed by atoms with Gasteiger partial charge >= 0.3 is 0 Å². The van der Waals surface area contributed by atoms with Crippen LogP contribution in [0.2, 0.25) is 5.02 Å². The molecule has 1 aromatic carbocycles. The van der Waals surface area contributed by atoms with Gasteiger partial charge in [0.1, 0.15) is 5.82 Å². The van der Waals surface area contributed by atoms with Gasteiger partial charge in [0.15, 0.2) is 0 Å². The smallest absolute Gasteiger partial charge is 0.125 e. The molecule has 1 unspecified atom stereocenters. The third kappa shape index (κ3) is 3.94. The van der Waals surface area contributed by atoms with E-state index in [9.17, 15) is 4.39 Å². The molecule has 1 fully saturated rings. The molecule has 1 aliphatic rings. The van der Waals surface area contributed by atoms with Crippen molar-refractivity contribution in [3.8, 4) is 0 Å². The average molecular weight is 272 g/mol. The van der Waals surface area contributed by atoms with Crippen LogP contribution in [0.15, 0.2) is 18.2 Å². The van der Waals surface area contributed by atoms with Crippen molar-refractivity contribution in [3.63, 3.8) is 0 Å². The quantitative estimate of drug-likeness (QED) is 0.906. The van der Waals surface area contributed by atoms with E-state index in [0.29, 0.717) is 23.5 Å². The Morgan fingerprint density at radius 3 is 2.78 bits per heavy atom. The van der Waals surface area contributed by atoms with E-state index in [1.54, 1.807) is 6.07 Å². The van der Waals surface area contributed by atoms with Crippen LogP contribution < -0.4 is 5.32 Å². The summed E-state index contributed by atoms with van der Waals surface area (Å²) in [7, 11) is 0. The number of hydrogen-bond donors (Lipinski definition) is 1. The molecule has 1 aromatic rings. The predicted octanol–water partition coefficient (Wildman–Crippen LogP) is 3.38. The van der Waals surface area contributed by atoms with Crippen LogP contribution in [0.3, 0.4) is 0 Å². The highest BCUT2D eigenvalue weighted by Gasteiger charge is 2.19. The summed E-state index contributed by atoms with van der Waals surface area (Å²) in [5.74, 6) is 0.362. The SMILES string of the molecule is CC(NCc1cc(F)cc(Cl)c1)C1CCOCC1. The van der Waals surface area contributed by atoms with Crippen LogP contribution in [0.25, 0.3) is 0 Å². The number of rotatable bonds is 4. The van der Waals surface area contributed by atoms with Gasteiger partial charge in [0.05, 0.1) is 0 Å². The summed E-state index contributed by atoms with van der Waals surface area (Å²) in [6.07, 6.45) is 2.19. The molecule has 2 nitrogen and oxygen atoms in total. The van der Waals surface area contributed by atoms with E-state index in [4.69, 9.17) is 16.3 Å². The van der Waals surface area contributed by atoms with E-state index in [1.807, 2.05) is 0 Å². The highest BCUT2D eigenvalue weighted by atomic mass is 35.5. The molecule has 1 heterocycles. The molecule has 0 amide bonds. The van der Waals surface area contributed by atoms with Crippen LogP contribution in [0.5, 0.6) is 0 Å². The lowest BCUT2D eigenvalue weighted by Gasteiger charge is -2.28. The number of nitrogens with one attached hydrogen (secondary N) is 1. The van der Waals surface area contributed by atoms with Crippen LogP contribution >= 0.6 is 11.6 Å². The van der Waals surface area contributed by atoms with Crippen molar-refractivity contribution >= 4 is 11.6 Å². The molecule has 0 radical (unpaired) electrons. The zero-order valence-electron chi connectivity index (χ0n) is 10.6. The molecule has 1 saturated heterocycles. The van der Waals surface area contributed by atoms with Crippen LogP contribution in [0.4, 0.5) is 4.39 Å². The normalized spacial score (nSPS) is 18.8. The second-order valence-electron chi connectivity index (χ2n) is 4.90. The third-order valence-corrected chi connectivity index (χ3v) is 3.74. The zero-order chi connectivity index (χ0) is 13.0. The Bertz CT molecular complexity index is 373. The van der Waals surface area contributed by atoms with Crippen molar-refractivity contribution in [3.05, 3.63) is 34.6 Å². The Hall–Kier alpha value is -0.640. The first-order chi connectivity index (χ1) is 8.65. The van der Waals surface area contributed by atoms with Gasteiger partial charge in [-0.1, -0.05) is 11.6 Å². The molecule has 2 rings (SSSR count). The van der Waals surface area contributed by atoms with Gasteiger partial charge in [-0.2, -0.15) is 0 Å². The first-order valence-electron chi connectivity index (χ1n) is 6.41. The maximum Gasteiger partial charge on any atom is 0.125 e. The molecule has 100 valence electrons. The van der Waals surface area contributed by atoms with E-state index >= 15 is 0 Å². The maximum absolute atomic E-state index is 13.2. The minimum Gasteiger partial charge on any atom is -0.381 e. The summed E-state index contributed by atoms with van der Waals surface area (Å²) < 4.78 is 18.5. The molecular weight excluding hydrogens is 253 g/mol. The third-order valence-electron chi connectivity index (χ3n) is 3.52. The summed E-state index contributed by atoms with van der Waals surface area (Å²) in [6.45, 7) is 4.53. The fourth-order valence-corrected chi connectivity index (χ4v) is 2.62. The van der Waals surface area contributed by atoms with Crippen LogP contribution in [-0.2, 0) is 11.3 Å². The van der Waals surface area contributed by atoms with Gasteiger partial charge in [-0.15, -0.1) is 0 Å². The fourth-order valence-electron chi connectivity index (χ4n) is 2.37. The number of ether oxygens (including phenoxy) is 1. The molecule has 0 aliphatic carbocycles. The van der Waals surface area contributed by atoms with Crippen LogP contribution in [-0.4, -0.2) is 19.3 Å². The molecule has 18 heavy (non-hydrogen) atoms. The summed E-state index contributed by atoms with van der Waals surface area (Å²) in [5.41, 5.74) is 0.888. The summed E-state index contributed by atoms with van der Waals surface area (Å²) in [4.78, 5) is 0. The monoisotopic (exact) mass is 271 g/mol. The molecule has 1 atom stereocenters. The number of benzene rings is 1. The zero-order valence-corrected chi connectivity index (χ0v) is 11.3. The topological polar surface area (TPSA) is 21.3 Å². The summed E-state index contributed by atoms with van der Waals surface area (Å²) in [5, 5.41) is 3.89. The van der Waals surface area contributed by atoms with Gasteiger partial charge in [-0.05, 0) is 49.4 Å². The second kappa shape index (κ2) is 6.50. The first kappa shape index (κ1) is 13.8. The summed E-state index contributed by atoms with van der Waals surface area (Å²) >= 11 is 5.83. The van der Waals surface area contributed by atoms with Gasteiger partial charge in [0.2, 0.25) is 0 Å². The van der Waals surface area contributed by atoms with E-state index in [1.165, 1.54) is 12.1 Å². The predicted molar refractivity (Wildman–Crippen MR) is 71.3 cm³/mol. The molecule has 0 aromatic heterocycles. The highest BCUT2D eigenvalue weighted by molar-refractivity contribution is 6.30. The van der Waals surface area contributed by atoms with E-state index in [2.05, 4.69) is 12.2 Å². The average Bonchev–Trinajstić information content (AvgIpc) is 2.36. The van der Waals surface area contributed by atoms with Crippen molar-refractivity contribution in [2.75, 3.05) is 13.2 Å².